The molecule has 0 saturated carbocycles. The monoisotopic (exact) mass is 264 g/mol. The number of alkyl halides is 2. The van der Waals surface area contributed by atoms with Gasteiger partial charge in [-0.3, -0.25) is 0 Å². The molecule has 0 N–H and O–H groups in total. The minimum Gasteiger partial charge on any atom is -0.236 e. The van der Waals surface area contributed by atoms with E-state index in [1.807, 2.05) is 0 Å². The maximum atomic E-state index is 12.9. The van der Waals surface area contributed by atoms with Gasteiger partial charge in [-0.1, -0.05) is 0 Å². The lowest BCUT2D eigenvalue weighted by Gasteiger charge is -2.05. The molecule has 0 bridgehead atoms. The second-order valence-electron chi connectivity index (χ2n) is 2.44. The summed E-state index contributed by atoms with van der Waals surface area (Å²) in [5.74, 6) is -0.750. The molecule has 0 radical (unpaired) electrons. The van der Waals surface area contributed by atoms with E-state index in [1.54, 1.807) is 6.07 Å². The van der Waals surface area contributed by atoms with E-state index >= 15 is 0 Å². The molecular formula is C8H4BrF3N2. The van der Waals surface area contributed by atoms with Crippen molar-refractivity contribution in [2.24, 2.45) is 0 Å². The van der Waals surface area contributed by atoms with Gasteiger partial charge in [-0.2, -0.15) is 5.26 Å². The van der Waals surface area contributed by atoms with Gasteiger partial charge in [-0.25, -0.2) is 18.2 Å². The smallest absolute Gasteiger partial charge is 0.236 e. The fourth-order valence-electron chi connectivity index (χ4n) is 0.933. The molecule has 0 atom stereocenters. The van der Waals surface area contributed by atoms with Crippen molar-refractivity contribution in [2.45, 2.75) is 12.8 Å². The highest BCUT2D eigenvalue weighted by atomic mass is 79.9. The molecule has 14 heavy (non-hydrogen) atoms. The Balaban J connectivity index is 3.25. The van der Waals surface area contributed by atoms with E-state index < -0.39 is 17.9 Å². The first-order valence-corrected chi connectivity index (χ1v) is 4.35. The highest BCUT2D eigenvalue weighted by molar-refractivity contribution is 9.10. The Morgan fingerprint density at radius 2 is 2.21 bits per heavy atom. The molecule has 0 aliphatic heterocycles. The van der Waals surface area contributed by atoms with E-state index in [2.05, 4.69) is 20.9 Å². The van der Waals surface area contributed by atoms with Crippen LogP contribution in [0.5, 0.6) is 0 Å². The zero-order valence-corrected chi connectivity index (χ0v) is 8.35. The Morgan fingerprint density at radius 1 is 1.57 bits per heavy atom. The molecule has 0 spiro atoms. The molecular weight excluding hydrogens is 261 g/mol. The van der Waals surface area contributed by atoms with Gasteiger partial charge in [0.25, 0.3) is 6.43 Å². The fourth-order valence-corrected chi connectivity index (χ4v) is 1.24. The van der Waals surface area contributed by atoms with Gasteiger partial charge in [0.2, 0.25) is 0 Å². The molecule has 74 valence electrons. The topological polar surface area (TPSA) is 36.7 Å². The van der Waals surface area contributed by atoms with E-state index in [9.17, 15) is 13.2 Å². The van der Waals surface area contributed by atoms with Gasteiger partial charge in [0, 0.05) is 0 Å². The lowest BCUT2D eigenvalue weighted by atomic mass is 10.1. The quantitative estimate of drug-likeness (QED) is 0.771. The lowest BCUT2D eigenvalue weighted by molar-refractivity contribution is 0.144. The summed E-state index contributed by atoms with van der Waals surface area (Å²) < 4.78 is 37.3. The summed E-state index contributed by atoms with van der Waals surface area (Å²) >= 11 is 2.70. The average Bonchev–Trinajstić information content (AvgIpc) is 2.11. The van der Waals surface area contributed by atoms with Crippen LogP contribution >= 0.6 is 15.9 Å². The summed E-state index contributed by atoms with van der Waals surface area (Å²) in [5, 5.41) is 8.33. The number of aromatic nitrogens is 1. The highest BCUT2D eigenvalue weighted by Crippen LogP contribution is 2.25. The number of rotatable bonds is 2. The van der Waals surface area contributed by atoms with Crippen molar-refractivity contribution >= 4 is 15.9 Å². The SMILES string of the molecule is N#CCc1cc(F)c(Br)nc1C(F)F. The van der Waals surface area contributed by atoms with Crippen LogP contribution in [0.3, 0.4) is 0 Å². The summed E-state index contributed by atoms with van der Waals surface area (Å²) in [7, 11) is 0. The second kappa shape index (κ2) is 4.42. The third-order valence-electron chi connectivity index (χ3n) is 1.52. The number of pyridine rings is 1. The summed E-state index contributed by atoms with van der Waals surface area (Å²) in [4.78, 5) is 3.33. The molecule has 0 aliphatic carbocycles. The molecule has 0 amide bonds. The molecule has 0 unspecified atom stereocenters. The number of nitriles is 1. The molecule has 2 nitrogen and oxygen atoms in total. The Bertz CT molecular complexity index is 387. The van der Waals surface area contributed by atoms with Crippen molar-refractivity contribution in [2.75, 3.05) is 0 Å². The number of nitrogens with zero attached hydrogens (tertiary/aromatic N) is 2. The van der Waals surface area contributed by atoms with E-state index in [1.165, 1.54) is 0 Å². The van der Waals surface area contributed by atoms with E-state index in [0.717, 1.165) is 6.07 Å². The Morgan fingerprint density at radius 3 is 2.71 bits per heavy atom. The number of halogens is 4. The van der Waals surface area contributed by atoms with Crippen LogP contribution in [0.25, 0.3) is 0 Å². The van der Waals surface area contributed by atoms with Gasteiger partial charge in [0.05, 0.1) is 12.5 Å². The zero-order chi connectivity index (χ0) is 10.7. The van der Waals surface area contributed by atoms with Crippen LogP contribution in [-0.4, -0.2) is 4.98 Å². The van der Waals surface area contributed by atoms with Gasteiger partial charge < -0.3 is 0 Å². The third kappa shape index (κ3) is 2.23. The third-order valence-corrected chi connectivity index (χ3v) is 2.08. The Labute approximate surface area is 86.5 Å². The average molecular weight is 265 g/mol. The molecule has 0 saturated heterocycles. The number of hydrogen-bond donors (Lipinski definition) is 0. The first kappa shape index (κ1) is 11.0. The highest BCUT2D eigenvalue weighted by Gasteiger charge is 2.17. The molecule has 1 aromatic rings. The fraction of sp³-hybridized carbons (Fsp3) is 0.250. The predicted molar refractivity (Wildman–Crippen MR) is 46.2 cm³/mol. The van der Waals surface area contributed by atoms with Crippen molar-refractivity contribution in [1.29, 1.82) is 5.26 Å². The van der Waals surface area contributed by atoms with Crippen LogP contribution in [-0.2, 0) is 6.42 Å². The predicted octanol–water partition coefficient (Wildman–Crippen LogP) is 2.99. The van der Waals surface area contributed by atoms with Crippen molar-refractivity contribution in [3.8, 4) is 6.07 Å². The van der Waals surface area contributed by atoms with Crippen molar-refractivity contribution in [3.05, 3.63) is 27.7 Å². The molecule has 1 aromatic heterocycles. The summed E-state index contributed by atoms with van der Waals surface area (Å²) in [6.07, 6.45) is -3.09. The van der Waals surface area contributed by atoms with Crippen LogP contribution in [0, 0.1) is 17.1 Å². The van der Waals surface area contributed by atoms with Crippen LogP contribution in [0.15, 0.2) is 10.7 Å². The standard InChI is InChI=1S/C8H4BrF3N2/c9-7-5(10)3-4(1-2-13)6(14-7)8(11)12/h3,8H,1H2. The van der Waals surface area contributed by atoms with Crippen LogP contribution in [0.4, 0.5) is 13.2 Å². The van der Waals surface area contributed by atoms with E-state index in [4.69, 9.17) is 5.26 Å². The largest absolute Gasteiger partial charge is 0.280 e. The first-order valence-electron chi connectivity index (χ1n) is 3.56. The van der Waals surface area contributed by atoms with Crippen molar-refractivity contribution in [3.63, 3.8) is 0 Å². The first-order chi connectivity index (χ1) is 6.56. The van der Waals surface area contributed by atoms with Crippen molar-refractivity contribution in [1.82, 2.24) is 4.98 Å². The Kier molecular flexibility index (Phi) is 3.47. The van der Waals surface area contributed by atoms with Gasteiger partial charge in [-0.15, -0.1) is 0 Å². The number of hydrogen-bond acceptors (Lipinski definition) is 2. The van der Waals surface area contributed by atoms with Gasteiger partial charge >= 0.3 is 0 Å². The van der Waals surface area contributed by atoms with Gasteiger partial charge in [-0.05, 0) is 27.6 Å². The zero-order valence-electron chi connectivity index (χ0n) is 6.77. The van der Waals surface area contributed by atoms with Gasteiger partial charge in [0.1, 0.15) is 10.3 Å². The normalized spacial score (nSPS) is 10.3. The van der Waals surface area contributed by atoms with Crippen LogP contribution in [0.1, 0.15) is 17.7 Å². The molecule has 0 aromatic carbocycles. The molecule has 0 aliphatic rings. The molecule has 1 heterocycles. The van der Waals surface area contributed by atoms with E-state index in [0.29, 0.717) is 0 Å². The lowest BCUT2D eigenvalue weighted by Crippen LogP contribution is -2.00. The van der Waals surface area contributed by atoms with Crippen LogP contribution in [0.2, 0.25) is 0 Å². The van der Waals surface area contributed by atoms with Crippen molar-refractivity contribution < 1.29 is 13.2 Å². The summed E-state index contributed by atoms with van der Waals surface area (Å²) in [6.45, 7) is 0. The van der Waals surface area contributed by atoms with Gasteiger partial charge in [0.15, 0.2) is 5.82 Å². The maximum Gasteiger partial charge on any atom is 0.280 e. The van der Waals surface area contributed by atoms with Crippen LogP contribution < -0.4 is 0 Å². The molecule has 0 fully saturated rings. The molecule has 1 rings (SSSR count). The second-order valence-corrected chi connectivity index (χ2v) is 3.19. The summed E-state index contributed by atoms with van der Waals surface area (Å²) in [5.41, 5.74) is -0.636. The van der Waals surface area contributed by atoms with E-state index in [-0.39, 0.29) is 16.6 Å². The Hall–Kier alpha value is -1.09. The molecule has 6 heteroatoms. The minimum absolute atomic E-state index is 0.0804. The summed E-state index contributed by atoms with van der Waals surface area (Å²) in [6, 6.07) is 2.56. The maximum absolute atomic E-state index is 12.9. The minimum atomic E-state index is -2.81.